The van der Waals surface area contributed by atoms with E-state index in [-0.39, 0.29) is 10.9 Å². The maximum Gasteiger partial charge on any atom is 0.185 e. The molecule has 2 unspecified atom stereocenters. The first-order valence-electron chi connectivity index (χ1n) is 4.64. The highest BCUT2D eigenvalue weighted by atomic mass is 32.2. The summed E-state index contributed by atoms with van der Waals surface area (Å²) in [4.78, 5) is 15.2. The van der Waals surface area contributed by atoms with Crippen LogP contribution in [-0.2, 0) is 4.79 Å². The van der Waals surface area contributed by atoms with E-state index in [9.17, 15) is 15.0 Å². The smallest absolute Gasteiger partial charge is 0.185 e. The number of carbonyl (C=O) groups excluding carboxylic acids is 1. The van der Waals surface area contributed by atoms with Crippen LogP contribution in [0.1, 0.15) is 23.6 Å². The fourth-order valence-electron chi connectivity index (χ4n) is 1.17. The molecule has 0 aliphatic heterocycles. The fourth-order valence-corrected chi connectivity index (χ4v) is 2.64. The average Bonchev–Trinajstić information content (AvgIpc) is 2.53. The fraction of sp³-hybridized carbons (Fsp3) is 0.556. The van der Waals surface area contributed by atoms with E-state index >= 15 is 0 Å². The van der Waals surface area contributed by atoms with Crippen molar-refractivity contribution in [3.05, 3.63) is 10.6 Å². The molecule has 1 aromatic rings. The summed E-state index contributed by atoms with van der Waals surface area (Å²) >= 11 is 2.13. The number of carbonyl (C=O) groups is 1. The average molecular weight is 262 g/mol. The maximum absolute atomic E-state index is 10.7. The molecule has 0 saturated heterocycles. The number of aryl methyl sites for hydroxylation is 1. The third kappa shape index (κ3) is 3.44. The van der Waals surface area contributed by atoms with Crippen LogP contribution in [0.3, 0.4) is 0 Å². The SMILES string of the molecule is CC(=O)SCC(O)C(O)c1sc(N)nc1C. The first-order valence-corrected chi connectivity index (χ1v) is 6.44. The predicted molar refractivity (Wildman–Crippen MR) is 65.4 cm³/mol. The molecular weight excluding hydrogens is 248 g/mol. The number of thioether (sulfide) groups is 1. The van der Waals surface area contributed by atoms with Gasteiger partial charge in [0.25, 0.3) is 0 Å². The first kappa shape index (κ1) is 13.4. The molecule has 0 aromatic carbocycles. The van der Waals surface area contributed by atoms with Crippen molar-refractivity contribution < 1.29 is 15.0 Å². The Morgan fingerprint density at radius 1 is 1.62 bits per heavy atom. The molecule has 16 heavy (non-hydrogen) atoms. The Labute approximate surface area is 102 Å². The van der Waals surface area contributed by atoms with Gasteiger partial charge in [0.1, 0.15) is 6.10 Å². The number of aromatic nitrogens is 1. The highest BCUT2D eigenvalue weighted by Crippen LogP contribution is 2.29. The van der Waals surface area contributed by atoms with Gasteiger partial charge in [0.05, 0.1) is 16.7 Å². The van der Waals surface area contributed by atoms with Gasteiger partial charge in [-0.05, 0) is 6.92 Å². The molecule has 0 spiro atoms. The van der Waals surface area contributed by atoms with Crippen LogP contribution in [0.15, 0.2) is 0 Å². The minimum absolute atomic E-state index is 0.0909. The molecule has 4 N–H and O–H groups in total. The molecule has 2 atom stereocenters. The number of nitrogen functional groups attached to an aromatic ring is 1. The van der Waals surface area contributed by atoms with E-state index < -0.39 is 12.2 Å². The van der Waals surface area contributed by atoms with Gasteiger partial charge >= 0.3 is 0 Å². The van der Waals surface area contributed by atoms with E-state index in [1.54, 1.807) is 6.92 Å². The lowest BCUT2D eigenvalue weighted by atomic mass is 10.2. The normalized spacial score (nSPS) is 14.8. The van der Waals surface area contributed by atoms with Crippen molar-refractivity contribution in [1.29, 1.82) is 0 Å². The summed E-state index contributed by atoms with van der Waals surface area (Å²) in [6, 6.07) is 0. The predicted octanol–water partition coefficient (Wildman–Crippen LogP) is 0.708. The van der Waals surface area contributed by atoms with Crippen molar-refractivity contribution in [3.8, 4) is 0 Å². The van der Waals surface area contributed by atoms with Gasteiger partial charge in [0, 0.05) is 12.7 Å². The second-order valence-corrected chi connectivity index (χ2v) is 5.58. The molecule has 7 heteroatoms. The van der Waals surface area contributed by atoms with Gasteiger partial charge in [-0.3, -0.25) is 4.79 Å². The standard InChI is InChI=1S/C9H14N2O3S2/c1-4-8(16-9(10)11-4)7(14)6(13)3-15-5(2)12/h6-7,13-14H,3H2,1-2H3,(H2,10,11). The van der Waals surface area contributed by atoms with Crippen LogP contribution in [0, 0.1) is 6.92 Å². The van der Waals surface area contributed by atoms with Crippen molar-refractivity contribution in [1.82, 2.24) is 4.98 Å². The number of anilines is 1. The number of thiazole rings is 1. The summed E-state index contributed by atoms with van der Waals surface area (Å²) in [5.41, 5.74) is 6.11. The van der Waals surface area contributed by atoms with E-state index in [0.29, 0.717) is 15.7 Å². The molecule has 0 amide bonds. The van der Waals surface area contributed by atoms with Gasteiger partial charge in [-0.15, -0.1) is 0 Å². The monoisotopic (exact) mass is 262 g/mol. The van der Waals surface area contributed by atoms with Crippen LogP contribution >= 0.6 is 23.1 Å². The molecule has 5 nitrogen and oxygen atoms in total. The Bertz CT molecular complexity index is 381. The van der Waals surface area contributed by atoms with E-state index in [2.05, 4.69) is 4.98 Å². The number of hydrogen-bond acceptors (Lipinski definition) is 7. The Balaban J connectivity index is 2.66. The molecule has 0 fully saturated rings. The number of aliphatic hydroxyl groups is 2. The number of nitrogens with two attached hydrogens (primary N) is 1. The third-order valence-corrected chi connectivity index (χ3v) is 3.91. The Kier molecular flexibility index (Phi) is 4.72. The summed E-state index contributed by atoms with van der Waals surface area (Å²) in [6.07, 6.45) is -2.03. The van der Waals surface area contributed by atoms with Crippen molar-refractivity contribution >= 4 is 33.3 Å². The van der Waals surface area contributed by atoms with Crippen LogP contribution in [0.5, 0.6) is 0 Å². The molecule has 90 valence electrons. The second-order valence-electron chi connectivity index (χ2n) is 3.32. The Morgan fingerprint density at radius 3 is 2.69 bits per heavy atom. The Morgan fingerprint density at radius 2 is 2.25 bits per heavy atom. The van der Waals surface area contributed by atoms with Crippen molar-refractivity contribution in [2.24, 2.45) is 0 Å². The molecule has 0 bridgehead atoms. The van der Waals surface area contributed by atoms with Crippen LogP contribution in [0.4, 0.5) is 5.13 Å². The van der Waals surface area contributed by atoms with Gasteiger partial charge in [-0.25, -0.2) is 4.98 Å². The summed E-state index contributed by atoms with van der Waals surface area (Å²) in [7, 11) is 0. The number of nitrogens with zero attached hydrogens (tertiary/aromatic N) is 1. The highest BCUT2D eigenvalue weighted by molar-refractivity contribution is 8.13. The summed E-state index contributed by atoms with van der Waals surface area (Å²) in [5.74, 6) is 0.160. The van der Waals surface area contributed by atoms with E-state index in [1.807, 2.05) is 0 Å². The third-order valence-electron chi connectivity index (χ3n) is 1.94. The topological polar surface area (TPSA) is 96.4 Å². The lowest BCUT2D eigenvalue weighted by molar-refractivity contribution is -0.109. The summed E-state index contributed by atoms with van der Waals surface area (Å²) in [6.45, 7) is 3.13. The zero-order valence-corrected chi connectivity index (χ0v) is 10.6. The van der Waals surface area contributed by atoms with Crippen molar-refractivity contribution in [3.63, 3.8) is 0 Å². The van der Waals surface area contributed by atoms with E-state index in [0.717, 1.165) is 23.1 Å². The molecule has 0 aliphatic rings. The van der Waals surface area contributed by atoms with E-state index in [1.165, 1.54) is 6.92 Å². The van der Waals surface area contributed by atoms with Gasteiger partial charge in [0.15, 0.2) is 10.2 Å². The van der Waals surface area contributed by atoms with Crippen LogP contribution in [0.2, 0.25) is 0 Å². The number of aliphatic hydroxyl groups excluding tert-OH is 2. The molecule has 1 rings (SSSR count). The zero-order chi connectivity index (χ0) is 12.3. The summed E-state index contributed by atoms with van der Waals surface area (Å²) < 4.78 is 0. The molecule has 1 aromatic heterocycles. The van der Waals surface area contributed by atoms with Gasteiger partial charge in [-0.1, -0.05) is 23.1 Å². The largest absolute Gasteiger partial charge is 0.389 e. The molecule has 1 heterocycles. The minimum atomic E-state index is -1.04. The first-order chi connectivity index (χ1) is 7.41. The lowest BCUT2D eigenvalue weighted by Crippen LogP contribution is -2.21. The molecular formula is C9H14N2O3S2. The number of hydrogen-bond donors (Lipinski definition) is 3. The molecule has 0 radical (unpaired) electrons. The minimum Gasteiger partial charge on any atom is -0.389 e. The lowest BCUT2D eigenvalue weighted by Gasteiger charge is -2.15. The van der Waals surface area contributed by atoms with E-state index in [4.69, 9.17) is 5.73 Å². The van der Waals surface area contributed by atoms with Crippen LogP contribution in [0.25, 0.3) is 0 Å². The molecule has 0 aliphatic carbocycles. The summed E-state index contributed by atoms with van der Waals surface area (Å²) in [5, 5.41) is 19.8. The highest BCUT2D eigenvalue weighted by Gasteiger charge is 2.23. The zero-order valence-electron chi connectivity index (χ0n) is 9.01. The van der Waals surface area contributed by atoms with Gasteiger partial charge < -0.3 is 15.9 Å². The van der Waals surface area contributed by atoms with Crippen molar-refractivity contribution in [2.45, 2.75) is 26.1 Å². The van der Waals surface area contributed by atoms with Crippen LogP contribution < -0.4 is 5.73 Å². The van der Waals surface area contributed by atoms with Crippen molar-refractivity contribution in [2.75, 3.05) is 11.5 Å². The van der Waals surface area contributed by atoms with Crippen LogP contribution in [-0.4, -0.2) is 32.2 Å². The molecule has 0 saturated carbocycles. The maximum atomic E-state index is 10.7. The van der Waals surface area contributed by atoms with Gasteiger partial charge in [-0.2, -0.15) is 0 Å². The van der Waals surface area contributed by atoms with Gasteiger partial charge in [0.2, 0.25) is 0 Å². The second kappa shape index (κ2) is 5.62. The quantitative estimate of drug-likeness (QED) is 0.739. The Hall–Kier alpha value is -0.630. The number of rotatable bonds is 4.